The van der Waals surface area contributed by atoms with Gasteiger partial charge in [-0.2, -0.15) is 5.10 Å². The van der Waals surface area contributed by atoms with Crippen LogP contribution >= 0.6 is 11.6 Å². The Morgan fingerprint density at radius 3 is 2.72 bits per heavy atom. The number of nitrogens with one attached hydrogen (secondary N) is 2. The lowest BCUT2D eigenvalue weighted by molar-refractivity contribution is -0.901. The zero-order chi connectivity index (χ0) is 17.6. The van der Waals surface area contributed by atoms with Crippen LogP contribution in [0.25, 0.3) is 0 Å². The molecule has 3 rings (SSSR count). The molecule has 132 valence electrons. The van der Waals surface area contributed by atoms with Crippen molar-refractivity contribution in [1.82, 2.24) is 0 Å². The molecule has 5 heteroatoms. The van der Waals surface area contributed by atoms with E-state index in [1.165, 1.54) is 31.5 Å². The van der Waals surface area contributed by atoms with Gasteiger partial charge >= 0.3 is 0 Å². The molecule has 0 spiro atoms. The summed E-state index contributed by atoms with van der Waals surface area (Å²) in [6, 6.07) is 13.8. The fraction of sp³-hybridized carbons (Fsp3) is 0.350. The second kappa shape index (κ2) is 8.37. The van der Waals surface area contributed by atoms with Crippen molar-refractivity contribution in [3.05, 3.63) is 58.6 Å². The standard InChI is InChI=1S/C20H24ClN3O/c1-15(22-23-19-7-5-6-18(21)13-19)16-8-9-20(25-2)17(12-16)14-24-10-3-4-11-24/h5-9,12-13,23H,3-4,10-11,14H2,1-2H3/p+1/b22-15-. The number of ether oxygens (including phenoxy) is 1. The van der Waals surface area contributed by atoms with E-state index < -0.39 is 0 Å². The van der Waals surface area contributed by atoms with Crippen molar-refractivity contribution >= 4 is 23.0 Å². The lowest BCUT2D eigenvalue weighted by Crippen LogP contribution is -3.08. The molecule has 4 nitrogen and oxygen atoms in total. The van der Waals surface area contributed by atoms with Crippen LogP contribution in [0.2, 0.25) is 5.02 Å². The van der Waals surface area contributed by atoms with Gasteiger partial charge in [-0.1, -0.05) is 17.7 Å². The molecule has 0 aromatic heterocycles. The number of halogens is 1. The minimum atomic E-state index is 0.693. The molecule has 2 aromatic rings. The smallest absolute Gasteiger partial charge is 0.127 e. The quantitative estimate of drug-likeness (QED) is 0.613. The molecule has 1 heterocycles. The highest BCUT2D eigenvalue weighted by Gasteiger charge is 2.18. The molecule has 25 heavy (non-hydrogen) atoms. The zero-order valence-corrected chi connectivity index (χ0v) is 15.6. The van der Waals surface area contributed by atoms with Gasteiger partial charge in [0.2, 0.25) is 0 Å². The number of hydrogen-bond donors (Lipinski definition) is 2. The van der Waals surface area contributed by atoms with Crippen molar-refractivity contribution in [1.29, 1.82) is 0 Å². The third kappa shape index (κ3) is 4.74. The van der Waals surface area contributed by atoms with Crippen molar-refractivity contribution in [2.24, 2.45) is 5.10 Å². The molecule has 1 saturated heterocycles. The van der Waals surface area contributed by atoms with Crippen molar-refractivity contribution in [3.8, 4) is 5.75 Å². The van der Waals surface area contributed by atoms with Crippen LogP contribution in [0.15, 0.2) is 47.6 Å². The first kappa shape index (κ1) is 17.8. The summed E-state index contributed by atoms with van der Waals surface area (Å²) in [5.74, 6) is 0.957. The van der Waals surface area contributed by atoms with Crippen molar-refractivity contribution in [3.63, 3.8) is 0 Å². The van der Waals surface area contributed by atoms with E-state index in [0.717, 1.165) is 29.3 Å². The number of hydrazone groups is 1. The number of likely N-dealkylation sites (tertiary alicyclic amines) is 1. The minimum Gasteiger partial charge on any atom is -0.496 e. The maximum Gasteiger partial charge on any atom is 0.127 e. The predicted octanol–water partition coefficient (Wildman–Crippen LogP) is 3.36. The summed E-state index contributed by atoms with van der Waals surface area (Å²) >= 11 is 6.01. The van der Waals surface area contributed by atoms with Crippen molar-refractivity contribution < 1.29 is 9.64 Å². The van der Waals surface area contributed by atoms with E-state index in [4.69, 9.17) is 16.3 Å². The number of benzene rings is 2. The second-order valence-corrected chi connectivity index (χ2v) is 6.92. The fourth-order valence-electron chi connectivity index (χ4n) is 3.23. The van der Waals surface area contributed by atoms with Crippen LogP contribution in [0, 0.1) is 0 Å². The second-order valence-electron chi connectivity index (χ2n) is 6.48. The maximum absolute atomic E-state index is 6.01. The first-order chi connectivity index (χ1) is 12.2. The van der Waals surface area contributed by atoms with Gasteiger partial charge < -0.3 is 9.64 Å². The summed E-state index contributed by atoms with van der Waals surface area (Å²) in [5, 5.41) is 5.19. The molecule has 0 aliphatic carbocycles. The van der Waals surface area contributed by atoms with Crippen LogP contribution in [-0.4, -0.2) is 25.9 Å². The summed E-state index contributed by atoms with van der Waals surface area (Å²) in [4.78, 5) is 1.63. The highest BCUT2D eigenvalue weighted by Crippen LogP contribution is 2.20. The molecule has 2 N–H and O–H groups in total. The Morgan fingerprint density at radius 2 is 2.00 bits per heavy atom. The minimum absolute atomic E-state index is 0.693. The van der Waals surface area contributed by atoms with E-state index in [1.54, 1.807) is 12.0 Å². The summed E-state index contributed by atoms with van der Waals surface area (Å²) in [7, 11) is 1.74. The van der Waals surface area contributed by atoms with Crippen LogP contribution in [0.4, 0.5) is 5.69 Å². The van der Waals surface area contributed by atoms with Crippen LogP contribution in [0.1, 0.15) is 30.9 Å². The maximum atomic E-state index is 6.01. The molecular weight excluding hydrogens is 334 g/mol. The number of quaternary nitrogens is 1. The topological polar surface area (TPSA) is 38.1 Å². The molecule has 0 unspecified atom stereocenters. The van der Waals surface area contributed by atoms with Gasteiger partial charge in [0.1, 0.15) is 12.3 Å². The Kier molecular flexibility index (Phi) is 5.95. The third-order valence-electron chi connectivity index (χ3n) is 4.63. The van der Waals surface area contributed by atoms with E-state index >= 15 is 0 Å². The zero-order valence-electron chi connectivity index (χ0n) is 14.8. The summed E-state index contributed by atoms with van der Waals surface area (Å²) in [5.41, 5.74) is 7.23. The molecule has 0 saturated carbocycles. The lowest BCUT2D eigenvalue weighted by atomic mass is 10.1. The number of anilines is 1. The van der Waals surface area contributed by atoms with Gasteiger partial charge in [-0.05, 0) is 48.9 Å². The highest BCUT2D eigenvalue weighted by atomic mass is 35.5. The normalized spacial score (nSPS) is 15.4. The van der Waals surface area contributed by atoms with E-state index in [1.807, 2.05) is 37.3 Å². The monoisotopic (exact) mass is 358 g/mol. The number of hydrogen-bond acceptors (Lipinski definition) is 3. The molecule has 0 radical (unpaired) electrons. The Bertz CT molecular complexity index is 754. The Morgan fingerprint density at radius 1 is 1.20 bits per heavy atom. The fourth-order valence-corrected chi connectivity index (χ4v) is 3.42. The van der Waals surface area contributed by atoms with E-state index in [0.29, 0.717) is 5.02 Å². The first-order valence-corrected chi connectivity index (χ1v) is 9.10. The number of rotatable bonds is 6. The van der Waals surface area contributed by atoms with Crippen LogP contribution in [-0.2, 0) is 6.54 Å². The summed E-state index contributed by atoms with van der Waals surface area (Å²) in [6.07, 6.45) is 2.64. The third-order valence-corrected chi connectivity index (χ3v) is 4.86. The Labute approximate surface area is 154 Å². The van der Waals surface area contributed by atoms with E-state index in [2.05, 4.69) is 22.7 Å². The van der Waals surface area contributed by atoms with Gasteiger partial charge in [-0.15, -0.1) is 0 Å². The largest absolute Gasteiger partial charge is 0.496 e. The molecular formula is C20H25ClN3O+. The molecule has 0 amide bonds. The summed E-state index contributed by atoms with van der Waals surface area (Å²) in [6.45, 7) is 5.51. The van der Waals surface area contributed by atoms with E-state index in [9.17, 15) is 0 Å². The first-order valence-electron chi connectivity index (χ1n) is 8.72. The Hall–Kier alpha value is -2.04. The average Bonchev–Trinajstić information content (AvgIpc) is 3.13. The van der Waals surface area contributed by atoms with Crippen molar-refractivity contribution in [2.45, 2.75) is 26.3 Å². The van der Waals surface area contributed by atoms with Gasteiger partial charge in [-0.25, -0.2) is 0 Å². The SMILES string of the molecule is COc1ccc(/C(C)=N\Nc2cccc(Cl)c2)cc1C[NH+]1CCCC1. The van der Waals surface area contributed by atoms with Gasteiger partial charge in [-0.3, -0.25) is 5.43 Å². The molecule has 1 fully saturated rings. The van der Waals surface area contributed by atoms with Gasteiger partial charge in [0.25, 0.3) is 0 Å². The number of methoxy groups -OCH3 is 1. The lowest BCUT2D eigenvalue weighted by Gasteiger charge is -2.15. The van der Waals surface area contributed by atoms with Gasteiger partial charge in [0.05, 0.1) is 31.6 Å². The van der Waals surface area contributed by atoms with Crippen LogP contribution < -0.4 is 15.1 Å². The Balaban J connectivity index is 1.77. The molecule has 1 aliphatic heterocycles. The predicted molar refractivity (Wildman–Crippen MR) is 104 cm³/mol. The van der Waals surface area contributed by atoms with E-state index in [-0.39, 0.29) is 0 Å². The summed E-state index contributed by atoms with van der Waals surface area (Å²) < 4.78 is 5.55. The molecule has 0 bridgehead atoms. The van der Waals surface area contributed by atoms with Gasteiger partial charge in [0.15, 0.2) is 0 Å². The number of nitrogens with zero attached hydrogens (tertiary/aromatic N) is 1. The molecule has 0 atom stereocenters. The average molecular weight is 359 g/mol. The molecule has 1 aliphatic rings. The molecule has 2 aromatic carbocycles. The van der Waals surface area contributed by atoms with Gasteiger partial charge in [0, 0.05) is 23.4 Å². The van der Waals surface area contributed by atoms with Crippen LogP contribution in [0.5, 0.6) is 5.75 Å². The highest BCUT2D eigenvalue weighted by molar-refractivity contribution is 6.30. The van der Waals surface area contributed by atoms with Crippen LogP contribution in [0.3, 0.4) is 0 Å². The van der Waals surface area contributed by atoms with Crippen molar-refractivity contribution in [2.75, 3.05) is 25.6 Å².